The summed E-state index contributed by atoms with van der Waals surface area (Å²) in [5.41, 5.74) is -0.484. The highest BCUT2D eigenvalue weighted by Gasteiger charge is 2.35. The van der Waals surface area contributed by atoms with Gasteiger partial charge in [-0.1, -0.05) is 6.92 Å². The van der Waals surface area contributed by atoms with E-state index < -0.39 is 5.54 Å². The van der Waals surface area contributed by atoms with E-state index in [0.717, 1.165) is 12.8 Å². The molecule has 5 heteroatoms. The van der Waals surface area contributed by atoms with Gasteiger partial charge in [-0.15, -0.1) is 23.2 Å². The molecule has 1 fully saturated rings. The van der Waals surface area contributed by atoms with E-state index in [-0.39, 0.29) is 17.9 Å². The molecule has 1 amide bonds. The number of ether oxygens (including phenoxy) is 1. The maximum absolute atomic E-state index is 12.0. The minimum Gasteiger partial charge on any atom is -0.378 e. The van der Waals surface area contributed by atoms with E-state index in [0.29, 0.717) is 18.4 Å². The summed E-state index contributed by atoms with van der Waals surface area (Å²) in [5.74, 6) is 0.604. The Morgan fingerprint density at radius 2 is 2.12 bits per heavy atom. The third kappa shape index (κ3) is 3.02. The van der Waals surface area contributed by atoms with Crippen LogP contribution in [0.5, 0.6) is 0 Å². The molecule has 0 aliphatic carbocycles. The van der Waals surface area contributed by atoms with E-state index >= 15 is 0 Å². The highest BCUT2D eigenvalue weighted by Crippen LogP contribution is 2.23. The molecule has 16 heavy (non-hydrogen) atoms. The third-order valence-corrected chi connectivity index (χ3v) is 4.31. The van der Waals surface area contributed by atoms with Crippen LogP contribution < -0.4 is 5.32 Å². The summed E-state index contributed by atoms with van der Waals surface area (Å²) in [7, 11) is 0. The molecule has 0 radical (unpaired) electrons. The van der Waals surface area contributed by atoms with Gasteiger partial charge in [-0.2, -0.15) is 0 Å². The van der Waals surface area contributed by atoms with Crippen molar-refractivity contribution in [3.63, 3.8) is 0 Å². The number of halogens is 2. The number of amides is 1. The molecule has 1 rings (SSSR count). The summed E-state index contributed by atoms with van der Waals surface area (Å²) < 4.78 is 5.38. The number of hydrogen-bond donors (Lipinski definition) is 1. The summed E-state index contributed by atoms with van der Waals surface area (Å²) in [6.07, 6.45) is 1.49. The smallest absolute Gasteiger partial charge is 0.226 e. The summed E-state index contributed by atoms with van der Waals surface area (Å²) in [5, 5.41) is 2.97. The van der Waals surface area contributed by atoms with Crippen LogP contribution in [0.15, 0.2) is 0 Å². The molecular weight excluding hydrogens is 249 g/mol. The standard InChI is InChI=1S/C11H19Cl2NO2/c1-3-11(6-12,7-13)14-10(15)9-4-5-16-8(9)2/h8-9H,3-7H2,1-2H3,(H,14,15). The molecule has 0 aromatic carbocycles. The van der Waals surface area contributed by atoms with Crippen molar-refractivity contribution in [1.29, 1.82) is 0 Å². The summed E-state index contributed by atoms with van der Waals surface area (Å²) in [4.78, 5) is 12.0. The van der Waals surface area contributed by atoms with Gasteiger partial charge in [0.1, 0.15) is 0 Å². The molecule has 2 unspecified atom stereocenters. The van der Waals surface area contributed by atoms with Gasteiger partial charge >= 0.3 is 0 Å². The van der Waals surface area contributed by atoms with Crippen LogP contribution in [0.3, 0.4) is 0 Å². The van der Waals surface area contributed by atoms with Gasteiger partial charge in [0, 0.05) is 18.4 Å². The maximum Gasteiger partial charge on any atom is 0.226 e. The first-order valence-electron chi connectivity index (χ1n) is 5.64. The van der Waals surface area contributed by atoms with E-state index in [2.05, 4.69) is 5.32 Å². The molecule has 1 N–H and O–H groups in total. The van der Waals surface area contributed by atoms with Gasteiger partial charge in [0.2, 0.25) is 5.91 Å². The van der Waals surface area contributed by atoms with Crippen molar-refractivity contribution in [2.45, 2.75) is 38.3 Å². The monoisotopic (exact) mass is 267 g/mol. The molecule has 94 valence electrons. The third-order valence-electron chi connectivity index (χ3n) is 3.29. The predicted molar refractivity (Wildman–Crippen MR) is 66.1 cm³/mol. The molecule has 0 aromatic heterocycles. The van der Waals surface area contributed by atoms with Crippen LogP contribution in [-0.4, -0.2) is 35.9 Å². The molecule has 1 saturated heterocycles. The largest absolute Gasteiger partial charge is 0.378 e. The van der Waals surface area contributed by atoms with Crippen molar-refractivity contribution in [2.75, 3.05) is 18.4 Å². The summed E-state index contributed by atoms with van der Waals surface area (Å²) >= 11 is 11.8. The molecule has 0 saturated carbocycles. The van der Waals surface area contributed by atoms with Gasteiger partial charge in [0.25, 0.3) is 0 Å². The number of carbonyl (C=O) groups is 1. The highest BCUT2D eigenvalue weighted by atomic mass is 35.5. The fraction of sp³-hybridized carbons (Fsp3) is 0.909. The first-order chi connectivity index (χ1) is 7.58. The topological polar surface area (TPSA) is 38.3 Å². The van der Waals surface area contributed by atoms with E-state index in [4.69, 9.17) is 27.9 Å². The molecule has 0 aromatic rings. The van der Waals surface area contributed by atoms with Crippen molar-refractivity contribution in [3.8, 4) is 0 Å². The normalized spacial score (nSPS) is 25.8. The Hall–Kier alpha value is 0.01000. The van der Waals surface area contributed by atoms with Gasteiger partial charge in [-0.05, 0) is 19.8 Å². The van der Waals surface area contributed by atoms with Crippen molar-refractivity contribution >= 4 is 29.1 Å². The molecule has 1 heterocycles. The fourth-order valence-electron chi connectivity index (χ4n) is 1.81. The lowest BCUT2D eigenvalue weighted by atomic mass is 9.96. The number of alkyl halides is 2. The van der Waals surface area contributed by atoms with E-state index in [1.807, 2.05) is 13.8 Å². The average Bonchev–Trinajstić information content (AvgIpc) is 2.72. The van der Waals surface area contributed by atoms with Crippen molar-refractivity contribution in [2.24, 2.45) is 5.92 Å². The maximum atomic E-state index is 12.0. The molecular formula is C11H19Cl2NO2. The Balaban J connectivity index is 2.61. The van der Waals surface area contributed by atoms with Gasteiger partial charge < -0.3 is 10.1 Å². The first-order valence-corrected chi connectivity index (χ1v) is 6.71. The fourth-order valence-corrected chi connectivity index (χ4v) is 2.61. The lowest BCUT2D eigenvalue weighted by Crippen LogP contribution is -2.53. The van der Waals surface area contributed by atoms with Crippen LogP contribution in [-0.2, 0) is 9.53 Å². The number of carbonyl (C=O) groups excluding carboxylic acids is 1. The van der Waals surface area contributed by atoms with Crippen LogP contribution in [0.2, 0.25) is 0 Å². The molecule has 2 atom stereocenters. The molecule has 1 aliphatic rings. The number of nitrogens with one attached hydrogen (secondary N) is 1. The lowest BCUT2D eigenvalue weighted by Gasteiger charge is -2.31. The van der Waals surface area contributed by atoms with E-state index in [1.165, 1.54) is 0 Å². The first kappa shape index (κ1) is 14.1. The zero-order chi connectivity index (χ0) is 12.2. The minimum atomic E-state index is -0.484. The molecule has 3 nitrogen and oxygen atoms in total. The van der Waals surface area contributed by atoms with E-state index in [1.54, 1.807) is 0 Å². The molecule has 1 aliphatic heterocycles. The van der Waals surface area contributed by atoms with Gasteiger partial charge in [0.05, 0.1) is 17.6 Å². The SMILES string of the molecule is CCC(CCl)(CCl)NC(=O)C1CCOC1C. The Morgan fingerprint density at radius 3 is 2.50 bits per heavy atom. The van der Waals surface area contributed by atoms with Crippen molar-refractivity contribution in [1.82, 2.24) is 5.32 Å². The second-order valence-corrected chi connectivity index (χ2v) is 4.90. The Bertz CT molecular complexity index is 236. The van der Waals surface area contributed by atoms with Crippen LogP contribution in [0, 0.1) is 5.92 Å². The predicted octanol–water partition coefficient (Wildman–Crippen LogP) is 2.15. The van der Waals surface area contributed by atoms with Gasteiger partial charge in [0.15, 0.2) is 0 Å². The molecule has 0 spiro atoms. The van der Waals surface area contributed by atoms with Crippen LogP contribution in [0.4, 0.5) is 0 Å². The quantitative estimate of drug-likeness (QED) is 0.776. The second-order valence-electron chi connectivity index (χ2n) is 4.36. The zero-order valence-corrected chi connectivity index (χ0v) is 11.3. The van der Waals surface area contributed by atoms with Gasteiger partial charge in [-0.25, -0.2) is 0 Å². The van der Waals surface area contributed by atoms with Crippen molar-refractivity contribution < 1.29 is 9.53 Å². The average molecular weight is 268 g/mol. The summed E-state index contributed by atoms with van der Waals surface area (Å²) in [6, 6.07) is 0. The highest BCUT2D eigenvalue weighted by molar-refractivity contribution is 6.22. The van der Waals surface area contributed by atoms with Crippen molar-refractivity contribution in [3.05, 3.63) is 0 Å². The van der Waals surface area contributed by atoms with E-state index in [9.17, 15) is 4.79 Å². The molecule has 0 bridgehead atoms. The number of hydrogen-bond acceptors (Lipinski definition) is 2. The van der Waals surface area contributed by atoms with Gasteiger partial charge in [-0.3, -0.25) is 4.79 Å². The minimum absolute atomic E-state index is 0.00755. The van der Waals surface area contributed by atoms with Crippen LogP contribution in [0.25, 0.3) is 0 Å². The Morgan fingerprint density at radius 1 is 1.50 bits per heavy atom. The lowest BCUT2D eigenvalue weighted by molar-refractivity contribution is -0.127. The second kappa shape index (κ2) is 6.08. The van der Waals surface area contributed by atoms with Crippen LogP contribution in [0.1, 0.15) is 26.7 Å². The summed E-state index contributed by atoms with van der Waals surface area (Å²) in [6.45, 7) is 4.55. The zero-order valence-electron chi connectivity index (χ0n) is 9.76. The number of rotatable bonds is 5. The Kier molecular flexibility index (Phi) is 5.35. The Labute approximate surface area is 107 Å². The van der Waals surface area contributed by atoms with Crippen LogP contribution >= 0.6 is 23.2 Å².